The van der Waals surface area contributed by atoms with E-state index in [1.165, 1.54) is 18.2 Å². The Labute approximate surface area is 158 Å². The molecule has 1 heterocycles. The van der Waals surface area contributed by atoms with Crippen LogP contribution in [-0.2, 0) is 38.4 Å². The third-order valence-electron chi connectivity index (χ3n) is 3.50. The number of fused-ring (bicyclic) bond motifs is 1. The van der Waals surface area contributed by atoms with Crippen LogP contribution in [0.3, 0.4) is 0 Å². The van der Waals surface area contributed by atoms with Crippen molar-refractivity contribution in [2.75, 3.05) is 6.26 Å². The number of thiazole rings is 1. The van der Waals surface area contributed by atoms with Gasteiger partial charge in [0.25, 0.3) is 0 Å². The molecule has 2 aromatic carbocycles. The van der Waals surface area contributed by atoms with E-state index in [0.717, 1.165) is 23.2 Å². The first-order valence-corrected chi connectivity index (χ1v) is 12.0. The molecule has 0 aliphatic rings. The number of aromatic nitrogens is 1. The monoisotopic (exact) mass is 431 g/mol. The first-order valence-electron chi connectivity index (χ1n) is 7.09. The van der Waals surface area contributed by atoms with E-state index in [1.54, 1.807) is 18.2 Å². The quantitative estimate of drug-likeness (QED) is 0.595. The molecule has 0 amide bonds. The highest BCUT2D eigenvalue weighted by Crippen LogP contribution is 2.27. The second-order valence-electron chi connectivity index (χ2n) is 5.54. The molecule has 1 aromatic heterocycles. The summed E-state index contributed by atoms with van der Waals surface area (Å²) in [7, 11) is -3.38. The summed E-state index contributed by atoms with van der Waals surface area (Å²) >= 11 is -3.48. The van der Waals surface area contributed by atoms with Gasteiger partial charge in [-0.3, -0.25) is 0 Å². The fraction of sp³-hybridized carbons (Fsp3) is 0.133. The van der Waals surface area contributed by atoms with Crippen LogP contribution in [0, 0.1) is 0 Å². The van der Waals surface area contributed by atoms with E-state index >= 15 is 0 Å². The number of sulfone groups is 1. The smallest absolute Gasteiger partial charge is 0.210 e. The van der Waals surface area contributed by atoms with Crippen LogP contribution < -0.4 is 0 Å². The first kappa shape index (κ1) is 19.3. The van der Waals surface area contributed by atoms with Crippen LogP contribution >= 0.6 is 11.3 Å². The van der Waals surface area contributed by atoms with Gasteiger partial charge in [-0.2, -0.15) is 0 Å². The molecule has 3 aromatic rings. The molecular weight excluding hydrogens is 418 g/mol. The molecule has 3 rings (SSSR count). The van der Waals surface area contributed by atoms with Crippen LogP contribution in [0.1, 0.15) is 11.1 Å². The largest absolute Gasteiger partial charge is 0.302 e. The zero-order valence-corrected chi connectivity index (χ0v) is 16.5. The summed E-state index contributed by atoms with van der Waals surface area (Å²) in [5.74, 6) is 0. The molecule has 7 nitrogen and oxygen atoms in total. The van der Waals surface area contributed by atoms with Crippen LogP contribution in [0.5, 0.6) is 0 Å². The van der Waals surface area contributed by atoms with Crippen molar-refractivity contribution in [1.82, 2.24) is 4.98 Å². The molecule has 0 aliphatic carbocycles. The summed E-state index contributed by atoms with van der Waals surface area (Å²) < 4.78 is 65.2. The predicted molar refractivity (Wildman–Crippen MR) is 100 cm³/mol. The van der Waals surface area contributed by atoms with E-state index in [4.69, 9.17) is 0 Å². The van der Waals surface area contributed by atoms with Crippen molar-refractivity contribution in [1.29, 1.82) is 0 Å². The molecule has 138 valence electrons. The van der Waals surface area contributed by atoms with Gasteiger partial charge in [-0.25, -0.2) is 21.8 Å². The highest BCUT2D eigenvalue weighted by Gasteiger charge is 2.14. The molecule has 0 saturated heterocycles. The van der Waals surface area contributed by atoms with Crippen LogP contribution in [0.15, 0.2) is 50.5 Å². The maximum atomic E-state index is 11.6. The Morgan fingerprint density at radius 1 is 1.00 bits per heavy atom. The van der Waals surface area contributed by atoms with Gasteiger partial charge in [0, 0.05) is 6.26 Å². The van der Waals surface area contributed by atoms with Gasteiger partial charge in [-0.1, -0.05) is 6.07 Å². The molecule has 0 radical (unpaired) electrons. The minimum absolute atomic E-state index is 0.0399. The first-order chi connectivity index (χ1) is 12.1. The number of nitrogens with zero attached hydrogens (tertiary/aromatic N) is 1. The van der Waals surface area contributed by atoms with Crippen molar-refractivity contribution in [2.45, 2.75) is 20.6 Å². The lowest BCUT2D eigenvalue weighted by Crippen LogP contribution is -1.98. The van der Waals surface area contributed by atoms with Gasteiger partial charge in [0.1, 0.15) is 0 Å². The molecule has 2 N–H and O–H groups in total. The zero-order chi connectivity index (χ0) is 19.1. The van der Waals surface area contributed by atoms with Crippen molar-refractivity contribution in [3.8, 4) is 0 Å². The average molecular weight is 432 g/mol. The Morgan fingerprint density at radius 3 is 2.15 bits per heavy atom. The van der Waals surface area contributed by atoms with Crippen molar-refractivity contribution < 1.29 is 25.9 Å². The molecule has 0 bridgehead atoms. The molecular formula is C15H13NO6S4. The second kappa shape index (κ2) is 7.25. The average Bonchev–Trinajstić information content (AvgIpc) is 2.98. The summed E-state index contributed by atoms with van der Waals surface area (Å²) in [6.45, 7) is 0. The maximum Gasteiger partial charge on any atom is 0.210 e. The fourth-order valence-corrected chi connectivity index (χ4v) is 5.32. The number of hydrogen-bond acceptors (Lipinski definition) is 6. The van der Waals surface area contributed by atoms with Crippen molar-refractivity contribution in [2.24, 2.45) is 0 Å². The van der Waals surface area contributed by atoms with Gasteiger partial charge < -0.3 is 9.11 Å². The number of hydrogen-bond donors (Lipinski definition) is 2. The van der Waals surface area contributed by atoms with Gasteiger partial charge in [0.15, 0.2) is 22.2 Å². The minimum Gasteiger partial charge on any atom is -0.302 e. The highest BCUT2D eigenvalue weighted by molar-refractivity contribution is 7.92. The Balaban J connectivity index is 2.00. The Bertz CT molecular complexity index is 1120. The van der Waals surface area contributed by atoms with Gasteiger partial charge >= 0.3 is 0 Å². The van der Waals surface area contributed by atoms with E-state index in [2.05, 4.69) is 4.98 Å². The molecule has 0 spiro atoms. The summed E-state index contributed by atoms with van der Waals surface area (Å²) in [6.07, 6.45) is 1.44. The van der Waals surface area contributed by atoms with E-state index in [0.29, 0.717) is 22.2 Å². The number of rotatable bonds is 5. The summed E-state index contributed by atoms with van der Waals surface area (Å²) in [5.41, 5.74) is 1.98. The predicted octanol–water partition coefficient (Wildman–Crippen LogP) is 2.45. The van der Waals surface area contributed by atoms with Crippen LogP contribution in [0.25, 0.3) is 10.2 Å². The summed E-state index contributed by atoms with van der Waals surface area (Å²) in [5, 5.41) is 0. The second-order valence-corrected chi connectivity index (χ2v) is 10.7. The normalized spacial score (nSPS) is 14.4. The van der Waals surface area contributed by atoms with E-state index in [9.17, 15) is 25.9 Å². The van der Waals surface area contributed by atoms with E-state index in [1.807, 2.05) is 0 Å². The SMILES string of the molecule is CS(=O)(=O)c1nc2ccc(Cc3cc(S(=O)O)cc(S(=O)O)c3)cc2s1. The standard InChI is InChI=1S/C15H13NO6S4/c1-26(21,22)15-16-13-3-2-9(7-14(13)23-15)4-10-5-11(24(17)18)8-12(6-10)25(19)20/h2-3,5-8H,4H2,1H3,(H,17,18)(H,19,20). The van der Waals surface area contributed by atoms with E-state index in [-0.39, 0.29) is 14.1 Å². The molecule has 0 aliphatic heterocycles. The molecule has 26 heavy (non-hydrogen) atoms. The van der Waals surface area contributed by atoms with Crippen molar-refractivity contribution in [3.63, 3.8) is 0 Å². The lowest BCUT2D eigenvalue weighted by atomic mass is 10.1. The Kier molecular flexibility index (Phi) is 5.37. The fourth-order valence-electron chi connectivity index (χ4n) is 2.39. The van der Waals surface area contributed by atoms with Crippen molar-refractivity contribution >= 4 is 53.6 Å². The van der Waals surface area contributed by atoms with Crippen molar-refractivity contribution in [3.05, 3.63) is 47.5 Å². The lowest BCUT2D eigenvalue weighted by Gasteiger charge is -2.06. The number of benzene rings is 2. The van der Waals surface area contributed by atoms with Gasteiger partial charge in [0.05, 0.1) is 20.0 Å². The zero-order valence-electron chi connectivity index (χ0n) is 13.3. The molecule has 0 fully saturated rings. The molecule has 0 saturated carbocycles. The molecule has 2 atom stereocenters. The molecule has 2 unspecified atom stereocenters. The molecule has 11 heteroatoms. The van der Waals surface area contributed by atoms with Gasteiger partial charge in [0.2, 0.25) is 14.2 Å². The highest BCUT2D eigenvalue weighted by atomic mass is 32.2. The topological polar surface area (TPSA) is 122 Å². The van der Waals surface area contributed by atoms with Gasteiger partial charge in [-0.15, -0.1) is 11.3 Å². The van der Waals surface area contributed by atoms with E-state index < -0.39 is 32.0 Å². The third kappa shape index (κ3) is 4.24. The Hall–Kier alpha value is -1.50. The maximum absolute atomic E-state index is 11.6. The van der Waals surface area contributed by atoms with Crippen LogP contribution in [-0.4, -0.2) is 37.2 Å². The lowest BCUT2D eigenvalue weighted by molar-refractivity contribution is 0.561. The third-order valence-corrected chi connectivity index (χ3v) is 7.48. The van der Waals surface area contributed by atoms with Crippen LogP contribution in [0.4, 0.5) is 0 Å². The summed E-state index contributed by atoms with van der Waals surface area (Å²) in [4.78, 5) is 4.17. The Morgan fingerprint density at radius 2 is 1.62 bits per heavy atom. The summed E-state index contributed by atoms with van der Waals surface area (Å²) in [6, 6.07) is 9.46. The van der Waals surface area contributed by atoms with Crippen LogP contribution in [0.2, 0.25) is 0 Å². The van der Waals surface area contributed by atoms with Gasteiger partial charge in [-0.05, 0) is 47.9 Å². The minimum atomic E-state index is -3.38.